The van der Waals surface area contributed by atoms with Crippen molar-refractivity contribution in [2.24, 2.45) is 0 Å². The van der Waals surface area contributed by atoms with Gasteiger partial charge >= 0.3 is 0 Å². The van der Waals surface area contributed by atoms with Gasteiger partial charge in [0.15, 0.2) is 0 Å². The van der Waals surface area contributed by atoms with Gasteiger partial charge in [-0.1, -0.05) is 41.9 Å². The molecule has 1 N–H and O–H groups in total. The first-order valence-electron chi connectivity index (χ1n) is 9.34. The third-order valence-corrected chi connectivity index (χ3v) is 5.26. The van der Waals surface area contributed by atoms with E-state index in [9.17, 15) is 14.0 Å². The van der Waals surface area contributed by atoms with Crippen molar-refractivity contribution in [3.63, 3.8) is 0 Å². The summed E-state index contributed by atoms with van der Waals surface area (Å²) in [4.78, 5) is 27.9. The highest BCUT2D eigenvalue weighted by Crippen LogP contribution is 2.36. The van der Waals surface area contributed by atoms with Crippen LogP contribution in [0.1, 0.15) is 16.7 Å². The average Bonchev–Trinajstić information content (AvgIpc) is 2.95. The van der Waals surface area contributed by atoms with Crippen molar-refractivity contribution in [3.8, 4) is 0 Å². The predicted molar refractivity (Wildman–Crippen MR) is 117 cm³/mol. The Morgan fingerprint density at radius 3 is 2.23 bits per heavy atom. The lowest BCUT2D eigenvalue weighted by Gasteiger charge is -2.18. The van der Waals surface area contributed by atoms with Gasteiger partial charge in [0.25, 0.3) is 11.8 Å². The first kappa shape index (κ1) is 19.9. The van der Waals surface area contributed by atoms with E-state index in [0.29, 0.717) is 27.5 Å². The van der Waals surface area contributed by atoms with Crippen LogP contribution in [-0.4, -0.2) is 11.8 Å². The molecule has 0 aromatic heterocycles. The van der Waals surface area contributed by atoms with Crippen molar-refractivity contribution in [2.75, 3.05) is 10.2 Å². The number of nitrogens with one attached hydrogen (secondary N) is 1. The average molecular weight is 421 g/mol. The van der Waals surface area contributed by atoms with Gasteiger partial charge in [0.1, 0.15) is 11.5 Å². The molecule has 4 nitrogen and oxygen atoms in total. The lowest BCUT2D eigenvalue weighted by atomic mass is 10.0. The van der Waals surface area contributed by atoms with Crippen molar-refractivity contribution in [1.29, 1.82) is 0 Å². The molecular formula is C24H18ClFN2O2. The SMILES string of the molecule is Cc1ccccc1NC1=C(c2ccc(F)cc2)C(=O)N(c2ccc(Cl)cc2C)C1=O. The molecule has 0 aliphatic carbocycles. The molecule has 0 saturated heterocycles. The number of halogens is 2. The molecule has 4 rings (SSSR count). The minimum Gasteiger partial charge on any atom is -0.350 e. The zero-order valence-corrected chi connectivity index (χ0v) is 17.1. The summed E-state index contributed by atoms with van der Waals surface area (Å²) >= 11 is 6.04. The second kappa shape index (κ2) is 7.76. The van der Waals surface area contributed by atoms with E-state index in [1.54, 1.807) is 25.1 Å². The normalized spacial score (nSPS) is 13.9. The molecule has 0 bridgehead atoms. The van der Waals surface area contributed by atoms with Gasteiger partial charge in [-0.2, -0.15) is 0 Å². The number of amides is 2. The molecule has 0 unspecified atom stereocenters. The Hall–Kier alpha value is -3.44. The molecule has 2 amide bonds. The Kier molecular flexibility index (Phi) is 5.14. The van der Waals surface area contributed by atoms with Crippen molar-refractivity contribution in [1.82, 2.24) is 0 Å². The first-order chi connectivity index (χ1) is 14.4. The van der Waals surface area contributed by atoms with Crippen LogP contribution in [0.5, 0.6) is 0 Å². The number of nitrogens with zero attached hydrogens (tertiary/aromatic N) is 1. The van der Waals surface area contributed by atoms with Crippen LogP contribution in [-0.2, 0) is 9.59 Å². The molecular weight excluding hydrogens is 403 g/mol. The number of aryl methyl sites for hydroxylation is 2. The third-order valence-electron chi connectivity index (χ3n) is 5.02. The summed E-state index contributed by atoms with van der Waals surface area (Å²) in [6.45, 7) is 3.69. The van der Waals surface area contributed by atoms with E-state index in [1.165, 1.54) is 24.3 Å². The number of carbonyl (C=O) groups excluding carboxylic acids is 2. The van der Waals surface area contributed by atoms with Crippen LogP contribution in [0.25, 0.3) is 5.57 Å². The van der Waals surface area contributed by atoms with Gasteiger partial charge in [-0.3, -0.25) is 9.59 Å². The number of imide groups is 1. The smallest absolute Gasteiger partial charge is 0.282 e. The van der Waals surface area contributed by atoms with Gasteiger partial charge < -0.3 is 5.32 Å². The van der Waals surface area contributed by atoms with Crippen LogP contribution < -0.4 is 10.2 Å². The number of hydrogen-bond acceptors (Lipinski definition) is 3. The van der Waals surface area contributed by atoms with E-state index >= 15 is 0 Å². The van der Waals surface area contributed by atoms with Gasteiger partial charge in [-0.05, 0) is 66.9 Å². The van der Waals surface area contributed by atoms with E-state index in [1.807, 2.05) is 31.2 Å². The molecule has 3 aromatic carbocycles. The fraction of sp³-hybridized carbons (Fsp3) is 0.0833. The quantitative estimate of drug-likeness (QED) is 0.567. The third kappa shape index (κ3) is 3.48. The molecule has 30 heavy (non-hydrogen) atoms. The van der Waals surface area contributed by atoms with Crippen LogP contribution in [0.4, 0.5) is 15.8 Å². The molecule has 0 saturated carbocycles. The Bertz CT molecular complexity index is 1200. The van der Waals surface area contributed by atoms with Gasteiger partial charge in [0, 0.05) is 10.7 Å². The molecule has 1 heterocycles. The summed E-state index contributed by atoms with van der Waals surface area (Å²) in [7, 11) is 0. The van der Waals surface area contributed by atoms with Crippen LogP contribution in [0.3, 0.4) is 0 Å². The highest BCUT2D eigenvalue weighted by molar-refractivity contribution is 6.46. The van der Waals surface area contributed by atoms with E-state index in [2.05, 4.69) is 5.32 Å². The molecule has 0 atom stereocenters. The topological polar surface area (TPSA) is 49.4 Å². The van der Waals surface area contributed by atoms with Crippen molar-refractivity contribution in [2.45, 2.75) is 13.8 Å². The maximum absolute atomic E-state index is 13.5. The number of carbonyl (C=O) groups is 2. The first-order valence-corrected chi connectivity index (χ1v) is 9.72. The van der Waals surface area contributed by atoms with Crippen LogP contribution in [0, 0.1) is 19.7 Å². The Morgan fingerprint density at radius 2 is 1.57 bits per heavy atom. The molecule has 150 valence electrons. The van der Waals surface area contributed by atoms with Gasteiger partial charge in [0.05, 0.1) is 11.3 Å². The maximum atomic E-state index is 13.5. The highest BCUT2D eigenvalue weighted by Gasteiger charge is 2.40. The molecule has 0 spiro atoms. The van der Waals surface area contributed by atoms with Gasteiger partial charge in [0.2, 0.25) is 0 Å². The maximum Gasteiger partial charge on any atom is 0.282 e. The number of para-hydroxylation sites is 1. The number of anilines is 2. The highest BCUT2D eigenvalue weighted by atomic mass is 35.5. The largest absolute Gasteiger partial charge is 0.350 e. The van der Waals surface area contributed by atoms with Crippen LogP contribution in [0.15, 0.2) is 72.4 Å². The summed E-state index contributed by atoms with van der Waals surface area (Å²) < 4.78 is 13.5. The molecule has 1 aliphatic heterocycles. The number of benzene rings is 3. The summed E-state index contributed by atoms with van der Waals surface area (Å²) in [6.07, 6.45) is 0. The lowest BCUT2D eigenvalue weighted by molar-refractivity contribution is -0.120. The van der Waals surface area contributed by atoms with E-state index in [4.69, 9.17) is 11.6 Å². The van der Waals surface area contributed by atoms with Crippen molar-refractivity contribution < 1.29 is 14.0 Å². The minimum atomic E-state index is -0.479. The molecule has 0 radical (unpaired) electrons. The van der Waals surface area contributed by atoms with Crippen molar-refractivity contribution in [3.05, 3.63) is 100.0 Å². The van der Waals surface area contributed by atoms with Crippen molar-refractivity contribution >= 4 is 40.4 Å². The fourth-order valence-electron chi connectivity index (χ4n) is 3.47. The fourth-order valence-corrected chi connectivity index (χ4v) is 3.69. The molecule has 6 heteroatoms. The lowest BCUT2D eigenvalue weighted by Crippen LogP contribution is -2.33. The Balaban J connectivity index is 1.86. The molecule has 0 fully saturated rings. The predicted octanol–water partition coefficient (Wildman–Crippen LogP) is 5.49. The monoisotopic (exact) mass is 420 g/mol. The van der Waals surface area contributed by atoms with E-state index in [0.717, 1.165) is 10.5 Å². The molecule has 1 aliphatic rings. The van der Waals surface area contributed by atoms with Gasteiger partial charge in [-0.25, -0.2) is 9.29 Å². The second-order valence-electron chi connectivity index (χ2n) is 7.07. The standard InChI is InChI=1S/C24H18ClFN2O2/c1-14-5-3-4-6-19(14)27-22-21(16-7-10-18(26)11-8-16)23(29)28(24(22)30)20-12-9-17(25)13-15(20)2/h3-13,27H,1-2H3. The minimum absolute atomic E-state index is 0.148. The second-order valence-corrected chi connectivity index (χ2v) is 7.51. The Morgan fingerprint density at radius 1 is 0.867 bits per heavy atom. The zero-order chi connectivity index (χ0) is 21.4. The Labute approximate surface area is 178 Å². The summed E-state index contributed by atoms with van der Waals surface area (Å²) in [6, 6.07) is 18.0. The number of hydrogen-bond donors (Lipinski definition) is 1. The zero-order valence-electron chi connectivity index (χ0n) is 16.4. The summed E-state index contributed by atoms with van der Waals surface area (Å²) in [5.74, 6) is -1.38. The van der Waals surface area contributed by atoms with E-state index in [-0.39, 0.29) is 11.3 Å². The van der Waals surface area contributed by atoms with Gasteiger partial charge in [-0.15, -0.1) is 0 Å². The van der Waals surface area contributed by atoms with Crippen LogP contribution >= 0.6 is 11.6 Å². The van der Waals surface area contributed by atoms with E-state index < -0.39 is 17.6 Å². The number of rotatable bonds is 4. The summed E-state index contributed by atoms with van der Waals surface area (Å²) in [5.41, 5.74) is 3.58. The summed E-state index contributed by atoms with van der Waals surface area (Å²) in [5, 5.41) is 3.65. The molecule has 3 aromatic rings. The van der Waals surface area contributed by atoms with Crippen LogP contribution in [0.2, 0.25) is 5.02 Å².